The molecule has 1 atom stereocenters. The number of rotatable bonds is 7. The van der Waals surface area contributed by atoms with Crippen molar-refractivity contribution in [2.45, 2.75) is 6.54 Å². The molecule has 0 aliphatic carbocycles. The highest BCUT2D eigenvalue weighted by atomic mass is 32.3. The van der Waals surface area contributed by atoms with Crippen molar-refractivity contribution in [1.29, 1.82) is 0 Å². The van der Waals surface area contributed by atoms with Gasteiger partial charge in [0, 0.05) is 40.0 Å². The lowest BCUT2D eigenvalue weighted by Gasteiger charge is -2.20. The first-order chi connectivity index (χ1) is 9.69. The zero-order valence-electron chi connectivity index (χ0n) is 12.5. The highest BCUT2D eigenvalue weighted by Gasteiger charge is 2.23. The molecule has 0 aromatic heterocycles. The Morgan fingerprint density at radius 1 is 1.14 bits per heavy atom. The molecule has 0 radical (unpaired) electrons. The third-order valence-corrected chi connectivity index (χ3v) is 7.00. The van der Waals surface area contributed by atoms with E-state index in [1.165, 1.54) is 24.7 Å². The van der Waals surface area contributed by atoms with E-state index in [2.05, 4.69) is 3.77 Å². The molecular weight excluding hydrogens is 312 g/mol. The first-order valence-corrected chi connectivity index (χ1v) is 9.62. The molecule has 21 heavy (non-hydrogen) atoms. The van der Waals surface area contributed by atoms with Gasteiger partial charge in [0.05, 0.1) is 0 Å². The van der Waals surface area contributed by atoms with Gasteiger partial charge < -0.3 is 5.73 Å². The summed E-state index contributed by atoms with van der Waals surface area (Å²) in [6.07, 6.45) is 1.29. The zero-order valence-corrected chi connectivity index (χ0v) is 14.1. The van der Waals surface area contributed by atoms with E-state index in [1.807, 2.05) is 30.3 Å². The van der Waals surface area contributed by atoms with Crippen LogP contribution in [-0.2, 0) is 26.7 Å². The highest BCUT2D eigenvalue weighted by Crippen LogP contribution is 2.12. The third kappa shape index (κ3) is 5.36. The molecule has 0 fully saturated rings. The van der Waals surface area contributed by atoms with Crippen molar-refractivity contribution in [3.8, 4) is 0 Å². The topological polar surface area (TPSA) is 96.1 Å². The van der Waals surface area contributed by atoms with Crippen LogP contribution in [0.2, 0.25) is 0 Å². The van der Waals surface area contributed by atoms with Crippen LogP contribution >= 0.6 is 0 Å². The molecule has 0 aliphatic rings. The molecule has 120 valence electrons. The summed E-state index contributed by atoms with van der Waals surface area (Å²) < 4.78 is 42.8. The minimum Gasteiger partial charge on any atom is -0.329 e. The van der Waals surface area contributed by atoms with Crippen molar-refractivity contribution < 1.29 is 12.6 Å². The third-order valence-electron chi connectivity index (χ3n) is 2.82. The molecule has 1 unspecified atom stereocenters. The van der Waals surface area contributed by atoms with Gasteiger partial charge in [0.2, 0.25) is 0 Å². The number of nitrogens with two attached hydrogens (primary N) is 1. The molecule has 2 N–H and O–H groups in total. The Morgan fingerprint density at radius 2 is 1.71 bits per heavy atom. The largest absolute Gasteiger partial charge is 0.331 e. The van der Waals surface area contributed by atoms with Gasteiger partial charge in [0.15, 0.2) is 0 Å². The average molecular weight is 334 g/mol. The van der Waals surface area contributed by atoms with Crippen LogP contribution in [0.5, 0.6) is 0 Å². The van der Waals surface area contributed by atoms with Crippen LogP contribution in [0.4, 0.5) is 0 Å². The van der Waals surface area contributed by atoms with E-state index in [4.69, 9.17) is 5.73 Å². The van der Waals surface area contributed by atoms with Crippen molar-refractivity contribution in [2.75, 3.05) is 33.4 Å². The van der Waals surface area contributed by atoms with E-state index in [1.54, 1.807) is 0 Å². The van der Waals surface area contributed by atoms with Crippen LogP contribution in [0.25, 0.3) is 0 Å². The monoisotopic (exact) mass is 334 g/mol. The molecule has 0 saturated carbocycles. The molecular formula is C12H22N4O3S2. The molecule has 0 saturated heterocycles. The van der Waals surface area contributed by atoms with Gasteiger partial charge in [-0.1, -0.05) is 34.1 Å². The normalized spacial score (nSPS) is 15.1. The van der Waals surface area contributed by atoms with E-state index in [0.29, 0.717) is 0 Å². The van der Waals surface area contributed by atoms with Crippen LogP contribution in [0.1, 0.15) is 5.56 Å². The van der Waals surface area contributed by atoms with Gasteiger partial charge in [-0.05, 0) is 5.56 Å². The number of hydrogen-bond acceptors (Lipinski definition) is 4. The summed E-state index contributed by atoms with van der Waals surface area (Å²) in [6, 6.07) is 9.12. The Hall–Kier alpha value is -1.00. The van der Waals surface area contributed by atoms with Crippen molar-refractivity contribution in [3.05, 3.63) is 35.9 Å². The molecule has 0 amide bonds. The van der Waals surface area contributed by atoms with E-state index in [9.17, 15) is 12.6 Å². The molecule has 9 heteroatoms. The summed E-state index contributed by atoms with van der Waals surface area (Å²) in [7, 11) is -3.96. The van der Waals surface area contributed by atoms with Crippen LogP contribution in [0.15, 0.2) is 34.1 Å². The van der Waals surface area contributed by atoms with Crippen LogP contribution in [-0.4, -0.2) is 54.7 Å². The molecule has 0 spiro atoms. The van der Waals surface area contributed by atoms with Crippen LogP contribution < -0.4 is 5.73 Å². The molecule has 1 rings (SSSR count). The van der Waals surface area contributed by atoms with Gasteiger partial charge in [-0.15, -0.1) is 0 Å². The lowest BCUT2D eigenvalue weighted by molar-refractivity contribution is 0.415. The molecule has 0 heterocycles. The summed E-state index contributed by atoms with van der Waals surface area (Å²) in [5, 5.41) is 0. The second-order valence-electron chi connectivity index (χ2n) is 4.74. The number of hydrogen-bond donors (Lipinski definition) is 1. The fourth-order valence-corrected chi connectivity index (χ4v) is 4.45. The molecule has 7 nitrogen and oxygen atoms in total. The van der Waals surface area contributed by atoms with Crippen molar-refractivity contribution in [3.63, 3.8) is 0 Å². The molecule has 0 bridgehead atoms. The molecule has 1 aromatic carbocycles. The number of benzene rings is 1. The maximum atomic E-state index is 12.3. The van der Waals surface area contributed by atoms with Crippen molar-refractivity contribution in [1.82, 2.24) is 8.61 Å². The lowest BCUT2D eigenvalue weighted by Crippen LogP contribution is -2.35. The smallest absolute Gasteiger partial charge is 0.329 e. The Balaban J connectivity index is 3.13. The first kappa shape index (κ1) is 18.1. The first-order valence-electron chi connectivity index (χ1n) is 6.34. The highest BCUT2D eigenvalue weighted by molar-refractivity contribution is 8.00. The lowest BCUT2D eigenvalue weighted by atomic mass is 10.2. The second kappa shape index (κ2) is 7.32. The maximum absolute atomic E-state index is 12.3. The molecule has 1 aromatic rings. The minimum atomic E-state index is -4.02. The SMILES string of the molecule is CN(C)S(C)(=O)=NS(=O)(=O)N(CCN)Cc1ccccc1. The molecule has 0 aliphatic heterocycles. The fourth-order valence-electron chi connectivity index (χ4n) is 1.50. The summed E-state index contributed by atoms with van der Waals surface area (Å²) in [5.74, 6) is 0. The maximum Gasteiger partial charge on any atom is 0.331 e. The van der Waals surface area contributed by atoms with Crippen molar-refractivity contribution in [2.24, 2.45) is 9.50 Å². The van der Waals surface area contributed by atoms with Crippen LogP contribution in [0, 0.1) is 0 Å². The summed E-state index contributed by atoms with van der Waals surface area (Å²) in [6.45, 7) is 0.422. The summed E-state index contributed by atoms with van der Waals surface area (Å²) in [4.78, 5) is 0. The Labute approximate surface area is 127 Å². The van der Waals surface area contributed by atoms with E-state index < -0.39 is 20.1 Å². The zero-order chi connectivity index (χ0) is 16.1. The minimum absolute atomic E-state index is 0.115. The average Bonchev–Trinajstić information content (AvgIpc) is 2.38. The Kier molecular flexibility index (Phi) is 6.29. The quantitative estimate of drug-likeness (QED) is 0.774. The van der Waals surface area contributed by atoms with Gasteiger partial charge >= 0.3 is 10.2 Å². The predicted octanol–water partition coefficient (Wildman–Crippen LogP) is 0.267. The van der Waals surface area contributed by atoms with E-state index in [0.717, 1.165) is 9.87 Å². The van der Waals surface area contributed by atoms with Crippen LogP contribution in [0.3, 0.4) is 0 Å². The standard InChI is InChI=1S/C12H22N4O3S2/c1-15(2)20(3,17)14-21(18,19)16(10-9-13)11-12-7-5-4-6-8-12/h4-8H,9-11,13H2,1-3H3. The van der Waals surface area contributed by atoms with E-state index in [-0.39, 0.29) is 19.6 Å². The number of nitrogens with zero attached hydrogens (tertiary/aromatic N) is 3. The second-order valence-corrected chi connectivity index (χ2v) is 9.00. The Morgan fingerprint density at radius 3 is 2.19 bits per heavy atom. The van der Waals surface area contributed by atoms with Gasteiger partial charge in [0.1, 0.15) is 9.92 Å². The summed E-state index contributed by atoms with van der Waals surface area (Å²) >= 11 is 0. The van der Waals surface area contributed by atoms with Gasteiger partial charge in [0.25, 0.3) is 0 Å². The van der Waals surface area contributed by atoms with Gasteiger partial charge in [-0.2, -0.15) is 12.7 Å². The van der Waals surface area contributed by atoms with Crippen molar-refractivity contribution >= 4 is 20.1 Å². The van der Waals surface area contributed by atoms with Gasteiger partial charge in [-0.3, -0.25) is 0 Å². The Bertz CT molecular complexity index is 665. The predicted molar refractivity (Wildman–Crippen MR) is 85.0 cm³/mol. The van der Waals surface area contributed by atoms with Gasteiger partial charge in [-0.25, -0.2) is 8.51 Å². The van der Waals surface area contributed by atoms with E-state index >= 15 is 0 Å². The summed E-state index contributed by atoms with van der Waals surface area (Å²) in [5.41, 5.74) is 6.29. The fraction of sp³-hybridized carbons (Fsp3) is 0.500.